The van der Waals surface area contributed by atoms with Gasteiger partial charge in [-0.25, -0.2) is 0 Å². The first-order valence-corrected chi connectivity index (χ1v) is 3.83. The summed E-state index contributed by atoms with van der Waals surface area (Å²) in [6.07, 6.45) is 0.570. The molecule has 0 heterocycles. The second-order valence-corrected chi connectivity index (χ2v) is 2.37. The highest BCUT2D eigenvalue weighted by Gasteiger charge is 2.10. The number of rotatable bonds is 5. The third-order valence-electron chi connectivity index (χ3n) is 0.769. The van der Waals surface area contributed by atoms with Crippen LogP contribution in [0.4, 0.5) is 0 Å². The van der Waals surface area contributed by atoms with Crippen molar-refractivity contribution in [3.8, 4) is 0 Å². The van der Waals surface area contributed by atoms with Crippen LogP contribution >= 0.6 is 8.25 Å². The zero-order valence-corrected chi connectivity index (χ0v) is 6.21. The molecule has 0 saturated carbocycles. The second kappa shape index (κ2) is 5.29. The van der Waals surface area contributed by atoms with E-state index in [1.165, 1.54) is 0 Å². The van der Waals surface area contributed by atoms with E-state index >= 15 is 0 Å². The monoisotopic (exact) mass is 166 g/mol. The third-order valence-corrected chi connectivity index (χ3v) is 1.17. The summed E-state index contributed by atoms with van der Waals surface area (Å²) in [5, 5.41) is 0. The van der Waals surface area contributed by atoms with Gasteiger partial charge in [-0.05, 0) is 6.42 Å². The van der Waals surface area contributed by atoms with Crippen LogP contribution in [-0.4, -0.2) is 17.4 Å². The molecule has 1 atom stereocenters. The Labute approximate surface area is 59.1 Å². The molecule has 1 amide bonds. The van der Waals surface area contributed by atoms with Crippen LogP contribution in [0.25, 0.3) is 0 Å². The molecular weight excluding hydrogens is 157 g/mol. The first kappa shape index (κ1) is 9.49. The van der Waals surface area contributed by atoms with E-state index in [1.54, 1.807) is 0 Å². The standard InChI is InChI=1S/C4H8NO4P/c5-4(6)2-1-3-9-10(7)8/h1-3H2,(H2-,5,6,7,8)/p+1. The number of primary amides is 1. The lowest BCUT2D eigenvalue weighted by molar-refractivity contribution is -0.118. The molecule has 10 heavy (non-hydrogen) atoms. The molecule has 0 rings (SSSR count). The fourth-order valence-electron chi connectivity index (χ4n) is 0.389. The Kier molecular flexibility index (Phi) is 5.02. The van der Waals surface area contributed by atoms with Gasteiger partial charge in [0, 0.05) is 11.0 Å². The van der Waals surface area contributed by atoms with Gasteiger partial charge in [-0.3, -0.25) is 4.79 Å². The number of hydrogen-bond acceptors (Lipinski definition) is 3. The maximum Gasteiger partial charge on any atom is 0.694 e. The minimum atomic E-state index is -2.53. The summed E-state index contributed by atoms with van der Waals surface area (Å²) < 4.78 is 14.1. The van der Waals surface area contributed by atoms with E-state index in [4.69, 9.17) is 10.6 Å². The summed E-state index contributed by atoms with van der Waals surface area (Å²) in [6.45, 7) is 0.0919. The van der Waals surface area contributed by atoms with Gasteiger partial charge in [0.25, 0.3) is 0 Å². The van der Waals surface area contributed by atoms with Crippen molar-refractivity contribution < 1.29 is 18.8 Å². The quantitative estimate of drug-likeness (QED) is 0.441. The van der Waals surface area contributed by atoms with Crippen molar-refractivity contribution in [2.45, 2.75) is 12.8 Å². The fraction of sp³-hybridized carbons (Fsp3) is 0.750. The molecule has 6 heteroatoms. The van der Waals surface area contributed by atoms with Crippen molar-refractivity contribution >= 4 is 14.2 Å². The largest absolute Gasteiger partial charge is 0.694 e. The van der Waals surface area contributed by atoms with Crippen molar-refractivity contribution in [3.63, 3.8) is 0 Å². The summed E-state index contributed by atoms with van der Waals surface area (Å²) >= 11 is 0. The maximum atomic E-state index is 10.1. The zero-order valence-electron chi connectivity index (χ0n) is 5.32. The van der Waals surface area contributed by atoms with Gasteiger partial charge in [0.1, 0.15) is 6.61 Å². The average molecular weight is 166 g/mol. The minimum Gasteiger partial charge on any atom is -0.370 e. The van der Waals surface area contributed by atoms with Crippen LogP contribution in [0.5, 0.6) is 0 Å². The first-order chi connectivity index (χ1) is 4.63. The maximum absolute atomic E-state index is 10.1. The highest BCUT2D eigenvalue weighted by molar-refractivity contribution is 7.32. The number of nitrogens with two attached hydrogens (primary N) is 1. The van der Waals surface area contributed by atoms with Gasteiger partial charge in [0.15, 0.2) is 0 Å². The van der Waals surface area contributed by atoms with Crippen molar-refractivity contribution in [1.29, 1.82) is 0 Å². The first-order valence-electron chi connectivity index (χ1n) is 2.70. The van der Waals surface area contributed by atoms with Crippen molar-refractivity contribution in [1.82, 2.24) is 0 Å². The molecule has 0 radical (unpaired) electrons. The molecule has 0 aromatic carbocycles. The Balaban J connectivity index is 3.06. The lowest BCUT2D eigenvalue weighted by Crippen LogP contribution is -2.10. The Morgan fingerprint density at radius 1 is 1.70 bits per heavy atom. The number of carbonyl (C=O) groups excluding carboxylic acids is 1. The van der Waals surface area contributed by atoms with Gasteiger partial charge in [0.2, 0.25) is 5.91 Å². The van der Waals surface area contributed by atoms with Crippen LogP contribution in [-0.2, 0) is 13.9 Å². The van der Waals surface area contributed by atoms with E-state index in [9.17, 15) is 9.36 Å². The van der Waals surface area contributed by atoms with Crippen LogP contribution in [0.2, 0.25) is 0 Å². The molecule has 0 aliphatic carbocycles. The van der Waals surface area contributed by atoms with Crippen LogP contribution in [0, 0.1) is 0 Å². The normalized spacial score (nSPS) is 11.1. The number of amides is 1. The highest BCUT2D eigenvalue weighted by atomic mass is 31.1. The summed E-state index contributed by atoms with van der Waals surface area (Å²) in [7, 11) is -2.53. The zero-order chi connectivity index (χ0) is 7.98. The van der Waals surface area contributed by atoms with Crippen molar-refractivity contribution in [2.75, 3.05) is 6.61 Å². The predicted octanol–water partition coefficient (Wildman–Crippen LogP) is -0.0818. The lowest BCUT2D eigenvalue weighted by Gasteiger charge is -1.88. The third kappa shape index (κ3) is 7.49. The molecule has 0 aliphatic rings. The van der Waals surface area contributed by atoms with Gasteiger partial charge >= 0.3 is 8.25 Å². The molecule has 58 valence electrons. The Morgan fingerprint density at radius 2 is 2.30 bits per heavy atom. The smallest absolute Gasteiger partial charge is 0.370 e. The summed E-state index contributed by atoms with van der Waals surface area (Å²) in [4.78, 5) is 18.2. The predicted molar refractivity (Wildman–Crippen MR) is 34.2 cm³/mol. The molecule has 0 bridgehead atoms. The Hall–Kier alpha value is -0.510. The van der Waals surface area contributed by atoms with E-state index in [0.29, 0.717) is 6.42 Å². The number of hydrogen-bond donors (Lipinski definition) is 2. The van der Waals surface area contributed by atoms with Gasteiger partial charge in [-0.1, -0.05) is 0 Å². The molecule has 1 unspecified atom stereocenters. The van der Waals surface area contributed by atoms with Gasteiger partial charge in [-0.15, -0.1) is 9.42 Å². The van der Waals surface area contributed by atoms with Crippen LogP contribution in [0.3, 0.4) is 0 Å². The SMILES string of the molecule is NC(=O)CCCO[P+](=O)O. The van der Waals surface area contributed by atoms with Crippen LogP contribution < -0.4 is 5.73 Å². The number of carbonyl (C=O) groups is 1. The molecule has 0 spiro atoms. The highest BCUT2D eigenvalue weighted by Crippen LogP contribution is 2.14. The van der Waals surface area contributed by atoms with E-state index in [-0.39, 0.29) is 13.0 Å². The van der Waals surface area contributed by atoms with Gasteiger partial charge < -0.3 is 5.73 Å². The summed E-state index contributed by atoms with van der Waals surface area (Å²) in [6, 6.07) is 0. The van der Waals surface area contributed by atoms with Gasteiger partial charge in [0.05, 0.1) is 0 Å². The molecule has 5 nitrogen and oxygen atoms in total. The topological polar surface area (TPSA) is 89.6 Å². The lowest BCUT2D eigenvalue weighted by atomic mass is 10.3. The van der Waals surface area contributed by atoms with E-state index in [0.717, 1.165) is 0 Å². The van der Waals surface area contributed by atoms with Crippen LogP contribution in [0.1, 0.15) is 12.8 Å². The van der Waals surface area contributed by atoms with Crippen molar-refractivity contribution in [3.05, 3.63) is 0 Å². The average Bonchev–Trinajstić information content (AvgIpc) is 1.79. The van der Waals surface area contributed by atoms with E-state index < -0.39 is 14.2 Å². The fourth-order valence-corrected chi connectivity index (χ4v) is 0.674. The Morgan fingerprint density at radius 3 is 2.70 bits per heavy atom. The minimum absolute atomic E-state index is 0.0919. The second-order valence-electron chi connectivity index (χ2n) is 1.64. The molecule has 0 saturated heterocycles. The van der Waals surface area contributed by atoms with Gasteiger partial charge in [-0.2, -0.15) is 0 Å². The summed E-state index contributed by atoms with van der Waals surface area (Å²) in [5.41, 5.74) is 4.78. The van der Waals surface area contributed by atoms with E-state index in [1.807, 2.05) is 0 Å². The molecule has 0 aliphatic heterocycles. The molecule has 0 aromatic heterocycles. The van der Waals surface area contributed by atoms with Crippen LogP contribution in [0.15, 0.2) is 0 Å². The van der Waals surface area contributed by atoms with E-state index in [2.05, 4.69) is 4.52 Å². The molecule has 0 fully saturated rings. The molecule has 3 N–H and O–H groups in total. The molecule has 0 aromatic rings. The molecular formula is C4H9NO4P+. The summed E-state index contributed by atoms with van der Waals surface area (Å²) in [5.74, 6) is -0.434. The van der Waals surface area contributed by atoms with Crippen molar-refractivity contribution in [2.24, 2.45) is 5.73 Å². The Bertz CT molecular complexity index is 121.